The molecule has 1 heterocycles. The number of nitrogens with zero attached hydrogens (tertiary/aromatic N) is 3. The van der Waals surface area contributed by atoms with Crippen LogP contribution in [-0.4, -0.2) is 34.4 Å². The molecule has 9 heteroatoms. The summed E-state index contributed by atoms with van der Waals surface area (Å²) in [4.78, 5) is 12.6. The summed E-state index contributed by atoms with van der Waals surface area (Å²) in [6, 6.07) is 8.07. The molecule has 2 aromatic rings. The van der Waals surface area contributed by atoms with Crippen molar-refractivity contribution in [3.8, 4) is 6.07 Å². The quantitative estimate of drug-likeness (QED) is 0.258. The summed E-state index contributed by atoms with van der Waals surface area (Å²) in [6.45, 7) is 4.33. The van der Waals surface area contributed by atoms with Gasteiger partial charge in [0.25, 0.3) is 0 Å². The van der Waals surface area contributed by atoms with E-state index < -0.39 is 0 Å². The van der Waals surface area contributed by atoms with Crippen LogP contribution in [0.1, 0.15) is 18.2 Å². The van der Waals surface area contributed by atoms with E-state index in [1.54, 1.807) is 33.9 Å². The van der Waals surface area contributed by atoms with E-state index in [4.69, 9.17) is 7.25 Å². The molecular formula is C15H16IN3O3S2. The van der Waals surface area contributed by atoms with Crippen molar-refractivity contribution in [2.75, 3.05) is 20.2 Å². The van der Waals surface area contributed by atoms with Crippen LogP contribution in [0, 0.1) is 18.3 Å². The Labute approximate surface area is 163 Å². The van der Waals surface area contributed by atoms with E-state index in [0.29, 0.717) is 12.3 Å². The molecule has 0 aliphatic carbocycles. The molecule has 0 saturated carbocycles. The highest BCUT2D eigenvalue weighted by Gasteiger charge is 2.17. The van der Waals surface area contributed by atoms with Crippen molar-refractivity contribution in [2.24, 2.45) is 0 Å². The number of ether oxygens (including phenoxy) is 1. The Morgan fingerprint density at radius 1 is 1.46 bits per heavy atom. The molecule has 0 fully saturated rings. The van der Waals surface area contributed by atoms with E-state index >= 15 is 0 Å². The van der Waals surface area contributed by atoms with Crippen LogP contribution < -0.4 is 0 Å². The van der Waals surface area contributed by atoms with Crippen molar-refractivity contribution in [1.82, 2.24) is 8.28 Å². The predicted octanol–water partition coefficient (Wildman–Crippen LogP) is 4.10. The Bertz CT molecular complexity index is 788. The minimum Gasteiger partial charge on any atom is -0.465 e. The highest BCUT2D eigenvalue weighted by Crippen LogP contribution is 2.36. The molecule has 0 atom stereocenters. The summed E-state index contributed by atoms with van der Waals surface area (Å²) in [7, 11) is 1.83. The Hall–Kier alpha value is -0.930. The van der Waals surface area contributed by atoms with Gasteiger partial charge in [-0.2, -0.15) is 5.26 Å². The smallest absolute Gasteiger partial charge is 0.321 e. The van der Waals surface area contributed by atoms with Gasteiger partial charge >= 0.3 is 5.97 Å². The summed E-state index contributed by atoms with van der Waals surface area (Å²) in [5.41, 5.74) is 2.48. The zero-order valence-electron chi connectivity index (χ0n) is 13.4. The standard InChI is InChI=1S/C15H16IN3O3S2/c1-4-21-14(20)9-18(3)23-13-6-10(2)5-11-7-12(8-17)19(15(11)13)24-22-16/h5-7H,4,9H2,1-3H3. The molecule has 128 valence electrons. The van der Waals surface area contributed by atoms with Gasteiger partial charge in [-0.05, 0) is 56.6 Å². The summed E-state index contributed by atoms with van der Waals surface area (Å²) >= 11 is 4.30. The molecule has 0 amide bonds. The van der Waals surface area contributed by atoms with E-state index in [-0.39, 0.29) is 12.5 Å². The maximum Gasteiger partial charge on any atom is 0.321 e. The molecule has 6 nitrogen and oxygen atoms in total. The SMILES string of the molecule is CCOC(=O)CN(C)Sc1cc(C)cc2cc(C#N)n(SOI)c12. The Balaban J connectivity index is 2.40. The predicted molar refractivity (Wildman–Crippen MR) is 105 cm³/mol. The molecule has 2 rings (SSSR count). The number of carbonyl (C=O) groups is 1. The van der Waals surface area contributed by atoms with Crippen molar-refractivity contribution in [3.63, 3.8) is 0 Å². The van der Waals surface area contributed by atoms with Crippen LogP contribution in [0.3, 0.4) is 0 Å². The van der Waals surface area contributed by atoms with Gasteiger partial charge in [0.2, 0.25) is 0 Å². The fraction of sp³-hybridized carbons (Fsp3) is 0.333. The van der Waals surface area contributed by atoms with Gasteiger partial charge < -0.3 is 4.74 Å². The van der Waals surface area contributed by atoms with Crippen LogP contribution in [0.15, 0.2) is 23.1 Å². The maximum atomic E-state index is 11.6. The first kappa shape index (κ1) is 19.4. The first-order chi connectivity index (χ1) is 11.5. The highest BCUT2D eigenvalue weighted by atomic mass is 127. The summed E-state index contributed by atoms with van der Waals surface area (Å²) in [5, 5.41) is 10.3. The van der Waals surface area contributed by atoms with Gasteiger partial charge in [0.15, 0.2) is 0 Å². The fourth-order valence-electron chi connectivity index (χ4n) is 2.27. The molecule has 0 aliphatic heterocycles. The lowest BCUT2D eigenvalue weighted by Gasteiger charge is -2.16. The molecule has 0 saturated heterocycles. The van der Waals surface area contributed by atoms with E-state index in [2.05, 4.69) is 6.07 Å². The Kier molecular flexibility index (Phi) is 7.24. The number of nitriles is 1. The molecule has 1 aromatic heterocycles. The minimum atomic E-state index is -0.269. The van der Waals surface area contributed by atoms with Crippen molar-refractivity contribution in [2.45, 2.75) is 18.7 Å². The van der Waals surface area contributed by atoms with Gasteiger partial charge in [-0.1, -0.05) is 0 Å². The second-order valence-electron chi connectivity index (χ2n) is 4.96. The Morgan fingerprint density at radius 2 is 2.21 bits per heavy atom. The third-order valence-electron chi connectivity index (χ3n) is 3.09. The van der Waals surface area contributed by atoms with E-state index in [0.717, 1.165) is 33.6 Å². The molecule has 0 aliphatic rings. The van der Waals surface area contributed by atoms with E-state index in [9.17, 15) is 10.1 Å². The lowest BCUT2D eigenvalue weighted by molar-refractivity contribution is -0.142. The number of halogens is 1. The summed E-state index contributed by atoms with van der Waals surface area (Å²) in [6.07, 6.45) is 0. The van der Waals surface area contributed by atoms with Gasteiger partial charge in [-0.3, -0.25) is 4.79 Å². The number of carbonyl (C=O) groups excluding carboxylic acids is 1. The number of hydrogen-bond acceptors (Lipinski definition) is 7. The van der Waals surface area contributed by atoms with Crippen molar-refractivity contribution < 1.29 is 12.0 Å². The minimum absolute atomic E-state index is 0.176. The molecule has 0 radical (unpaired) electrons. The molecule has 24 heavy (non-hydrogen) atoms. The number of esters is 1. The monoisotopic (exact) mass is 477 g/mol. The lowest BCUT2D eigenvalue weighted by Crippen LogP contribution is -2.21. The van der Waals surface area contributed by atoms with Crippen molar-refractivity contribution >= 4 is 64.1 Å². The van der Waals surface area contributed by atoms with Gasteiger partial charge in [0, 0.05) is 10.3 Å². The molecule has 1 aromatic carbocycles. The third-order valence-corrected chi connectivity index (χ3v) is 5.11. The largest absolute Gasteiger partial charge is 0.465 e. The fourth-order valence-corrected chi connectivity index (χ4v) is 4.36. The van der Waals surface area contributed by atoms with E-state index in [1.165, 1.54) is 11.9 Å². The molecule has 0 unspecified atom stereocenters. The third kappa shape index (κ3) is 4.58. The molecule has 0 bridgehead atoms. The molecular weight excluding hydrogens is 461 g/mol. The zero-order chi connectivity index (χ0) is 17.7. The number of fused-ring (bicyclic) bond motifs is 1. The zero-order valence-corrected chi connectivity index (χ0v) is 17.2. The first-order valence-electron chi connectivity index (χ1n) is 7.06. The van der Waals surface area contributed by atoms with Crippen molar-refractivity contribution in [1.29, 1.82) is 5.26 Å². The molecule has 0 spiro atoms. The second-order valence-corrected chi connectivity index (χ2v) is 7.92. The molecule has 0 N–H and O–H groups in total. The summed E-state index contributed by atoms with van der Waals surface area (Å²) < 4.78 is 13.7. The topological polar surface area (TPSA) is 67.5 Å². The van der Waals surface area contributed by atoms with Gasteiger partial charge in [-0.15, -0.1) is 0 Å². The first-order valence-corrected chi connectivity index (χ1v) is 9.42. The average molecular weight is 477 g/mol. The number of aromatic nitrogens is 1. The Morgan fingerprint density at radius 3 is 2.83 bits per heavy atom. The number of rotatable bonds is 7. The van der Waals surface area contributed by atoms with Crippen LogP contribution >= 0.6 is 47.2 Å². The van der Waals surface area contributed by atoms with Crippen LogP contribution in [0.2, 0.25) is 0 Å². The van der Waals surface area contributed by atoms with Gasteiger partial charge in [0.1, 0.15) is 53.5 Å². The van der Waals surface area contributed by atoms with Crippen molar-refractivity contribution in [3.05, 3.63) is 29.5 Å². The number of aryl methyl sites for hydroxylation is 1. The normalized spacial score (nSPS) is 11.0. The van der Waals surface area contributed by atoms with E-state index in [1.807, 2.05) is 36.5 Å². The van der Waals surface area contributed by atoms with Crippen LogP contribution in [0.4, 0.5) is 0 Å². The van der Waals surface area contributed by atoms with Crippen LogP contribution in [-0.2, 0) is 12.0 Å². The average Bonchev–Trinajstić information content (AvgIpc) is 2.85. The highest BCUT2D eigenvalue weighted by molar-refractivity contribution is 14.1. The number of hydrogen-bond donors (Lipinski definition) is 0. The number of benzene rings is 1. The van der Waals surface area contributed by atoms with Crippen LogP contribution in [0.5, 0.6) is 0 Å². The lowest BCUT2D eigenvalue weighted by atomic mass is 10.2. The summed E-state index contributed by atoms with van der Waals surface area (Å²) in [5.74, 6) is -0.269. The van der Waals surface area contributed by atoms with Gasteiger partial charge in [0.05, 0.1) is 12.1 Å². The number of likely N-dealkylation sites (N-methyl/N-ethyl adjacent to an activating group) is 1. The van der Waals surface area contributed by atoms with Crippen LogP contribution in [0.25, 0.3) is 10.9 Å². The second kappa shape index (κ2) is 8.96. The van der Waals surface area contributed by atoms with Gasteiger partial charge in [-0.25, -0.2) is 10.8 Å². The maximum absolute atomic E-state index is 11.6.